The van der Waals surface area contributed by atoms with Crippen LogP contribution in [0.1, 0.15) is 15.9 Å². The number of halogens is 1. The molecule has 0 aliphatic rings. The van der Waals surface area contributed by atoms with Crippen molar-refractivity contribution in [1.82, 2.24) is 0 Å². The summed E-state index contributed by atoms with van der Waals surface area (Å²) in [5, 5.41) is 9.91. The lowest BCUT2D eigenvalue weighted by molar-refractivity contribution is 0.0699. The van der Waals surface area contributed by atoms with E-state index in [1.54, 1.807) is 13.0 Å². The normalized spacial score (nSPS) is 11.6. The molecule has 0 fully saturated rings. The van der Waals surface area contributed by atoms with Gasteiger partial charge in [-0.1, -0.05) is 0 Å². The first-order valence-corrected chi connectivity index (χ1v) is 9.09. The molecule has 0 spiro atoms. The quantitative estimate of drug-likeness (QED) is 0.738. The topological polar surface area (TPSA) is 96.6 Å². The second-order valence-corrected chi connectivity index (χ2v) is 7.40. The third-order valence-electron chi connectivity index (χ3n) is 3.65. The molecule has 2 N–H and O–H groups in total. The molecule has 3 aromatic rings. The maximum atomic E-state index is 13.1. The lowest BCUT2D eigenvalue weighted by Gasteiger charge is -2.07. The van der Waals surface area contributed by atoms with Crippen molar-refractivity contribution in [2.75, 3.05) is 11.0 Å². The van der Waals surface area contributed by atoms with Gasteiger partial charge in [0.05, 0.1) is 11.9 Å². The number of carboxylic acid groups (broad SMARTS) is 1. The van der Waals surface area contributed by atoms with Crippen molar-refractivity contribution >= 4 is 32.6 Å². The SMILES string of the molecule is Cc1cc2c(C(=O)O)c(-c3ccc(F)cc3)oc2cc1NS(C)(=O)=O. The number of carboxylic acids is 1. The van der Waals surface area contributed by atoms with E-state index in [0.717, 1.165) is 6.26 Å². The molecule has 130 valence electrons. The van der Waals surface area contributed by atoms with Crippen LogP contribution >= 0.6 is 0 Å². The van der Waals surface area contributed by atoms with Crippen LogP contribution in [-0.4, -0.2) is 25.7 Å². The van der Waals surface area contributed by atoms with Crippen LogP contribution in [0.25, 0.3) is 22.3 Å². The van der Waals surface area contributed by atoms with Crippen molar-refractivity contribution in [3.63, 3.8) is 0 Å². The Kier molecular flexibility index (Phi) is 4.00. The van der Waals surface area contributed by atoms with E-state index in [4.69, 9.17) is 4.42 Å². The molecule has 0 radical (unpaired) electrons. The molecular weight excluding hydrogens is 349 g/mol. The predicted molar refractivity (Wildman–Crippen MR) is 91.8 cm³/mol. The minimum absolute atomic E-state index is 0.0596. The van der Waals surface area contributed by atoms with Crippen LogP contribution in [0.3, 0.4) is 0 Å². The minimum Gasteiger partial charge on any atom is -0.478 e. The van der Waals surface area contributed by atoms with Crippen molar-refractivity contribution in [3.05, 3.63) is 53.3 Å². The fourth-order valence-corrected chi connectivity index (χ4v) is 3.20. The molecular formula is C17H14FNO5S. The van der Waals surface area contributed by atoms with Gasteiger partial charge in [0.15, 0.2) is 0 Å². The first-order chi connectivity index (χ1) is 11.7. The zero-order chi connectivity index (χ0) is 18.4. The van der Waals surface area contributed by atoms with E-state index in [2.05, 4.69) is 4.72 Å². The van der Waals surface area contributed by atoms with Crippen LogP contribution in [0.2, 0.25) is 0 Å². The molecule has 3 rings (SSSR count). The van der Waals surface area contributed by atoms with Gasteiger partial charge in [0.25, 0.3) is 0 Å². The van der Waals surface area contributed by atoms with Crippen LogP contribution in [0.4, 0.5) is 10.1 Å². The Labute approximate surface area is 142 Å². The maximum Gasteiger partial charge on any atom is 0.340 e. The number of rotatable bonds is 4. The Balaban J connectivity index is 2.26. The van der Waals surface area contributed by atoms with Crippen molar-refractivity contribution in [2.24, 2.45) is 0 Å². The Hall–Kier alpha value is -2.87. The van der Waals surface area contributed by atoms with Gasteiger partial charge in [-0.2, -0.15) is 0 Å². The van der Waals surface area contributed by atoms with E-state index in [0.29, 0.717) is 22.2 Å². The highest BCUT2D eigenvalue weighted by atomic mass is 32.2. The summed E-state index contributed by atoms with van der Waals surface area (Å²) in [5.74, 6) is -1.56. The first-order valence-electron chi connectivity index (χ1n) is 7.20. The van der Waals surface area contributed by atoms with E-state index in [1.165, 1.54) is 30.3 Å². The molecule has 0 amide bonds. The van der Waals surface area contributed by atoms with E-state index in [-0.39, 0.29) is 16.9 Å². The van der Waals surface area contributed by atoms with Gasteiger partial charge in [0, 0.05) is 17.0 Å². The molecule has 0 bridgehead atoms. The first kappa shape index (κ1) is 17.0. The zero-order valence-electron chi connectivity index (χ0n) is 13.3. The summed E-state index contributed by atoms with van der Waals surface area (Å²) in [7, 11) is -3.49. The second-order valence-electron chi connectivity index (χ2n) is 5.66. The lowest BCUT2D eigenvalue weighted by Crippen LogP contribution is -2.10. The summed E-state index contributed by atoms with van der Waals surface area (Å²) in [4.78, 5) is 11.7. The van der Waals surface area contributed by atoms with Gasteiger partial charge in [0.1, 0.15) is 22.7 Å². The van der Waals surface area contributed by atoms with Gasteiger partial charge in [-0.15, -0.1) is 0 Å². The van der Waals surface area contributed by atoms with E-state index < -0.39 is 21.8 Å². The van der Waals surface area contributed by atoms with Gasteiger partial charge >= 0.3 is 5.97 Å². The van der Waals surface area contributed by atoms with Crippen molar-refractivity contribution in [3.8, 4) is 11.3 Å². The van der Waals surface area contributed by atoms with Crippen LogP contribution in [-0.2, 0) is 10.0 Å². The van der Waals surface area contributed by atoms with Crippen LogP contribution in [0, 0.1) is 12.7 Å². The summed E-state index contributed by atoms with van der Waals surface area (Å²) in [6, 6.07) is 8.23. The summed E-state index contributed by atoms with van der Waals surface area (Å²) in [6.45, 7) is 1.66. The smallest absolute Gasteiger partial charge is 0.340 e. The Morgan fingerprint density at radius 1 is 1.20 bits per heavy atom. The molecule has 25 heavy (non-hydrogen) atoms. The third kappa shape index (κ3) is 3.34. The summed E-state index contributed by atoms with van der Waals surface area (Å²) < 4.78 is 44.0. The molecule has 0 atom stereocenters. The number of fused-ring (bicyclic) bond motifs is 1. The summed E-state index contributed by atoms with van der Waals surface area (Å²) >= 11 is 0. The summed E-state index contributed by atoms with van der Waals surface area (Å²) in [6.07, 6.45) is 1.02. The van der Waals surface area contributed by atoms with Gasteiger partial charge in [-0.25, -0.2) is 17.6 Å². The number of furan rings is 1. The summed E-state index contributed by atoms with van der Waals surface area (Å²) in [5.41, 5.74) is 1.41. The molecule has 0 aliphatic heterocycles. The molecule has 2 aromatic carbocycles. The average molecular weight is 363 g/mol. The van der Waals surface area contributed by atoms with Gasteiger partial charge in [0.2, 0.25) is 10.0 Å². The van der Waals surface area contributed by atoms with Crippen LogP contribution in [0.5, 0.6) is 0 Å². The predicted octanol–water partition coefficient (Wildman–Crippen LogP) is 3.62. The number of aromatic carboxylic acids is 1. The number of benzene rings is 2. The molecule has 0 unspecified atom stereocenters. The fourth-order valence-electron chi connectivity index (χ4n) is 2.58. The molecule has 0 aliphatic carbocycles. The van der Waals surface area contributed by atoms with E-state index in [9.17, 15) is 22.7 Å². The number of sulfonamides is 1. The lowest BCUT2D eigenvalue weighted by atomic mass is 10.0. The minimum atomic E-state index is -3.49. The highest BCUT2D eigenvalue weighted by Gasteiger charge is 2.23. The zero-order valence-corrected chi connectivity index (χ0v) is 14.1. The number of hydrogen-bond donors (Lipinski definition) is 2. The largest absolute Gasteiger partial charge is 0.478 e. The third-order valence-corrected chi connectivity index (χ3v) is 4.24. The van der Waals surface area contributed by atoms with Crippen molar-refractivity contribution in [1.29, 1.82) is 0 Å². The van der Waals surface area contributed by atoms with Crippen molar-refractivity contribution in [2.45, 2.75) is 6.92 Å². The highest BCUT2D eigenvalue weighted by Crippen LogP contribution is 2.36. The molecule has 6 nitrogen and oxygen atoms in total. The van der Waals surface area contributed by atoms with Gasteiger partial charge in [-0.05, 0) is 42.8 Å². The molecule has 0 saturated heterocycles. The average Bonchev–Trinajstić information content (AvgIpc) is 2.85. The Bertz CT molecular complexity index is 1080. The Morgan fingerprint density at radius 3 is 2.40 bits per heavy atom. The standard InChI is InChI=1S/C17H14FNO5S/c1-9-7-12-14(8-13(9)19-25(2,22)23)24-16(15(12)17(20)21)10-3-5-11(18)6-4-10/h3-8,19H,1-2H3,(H,20,21). The van der Waals surface area contributed by atoms with Crippen LogP contribution < -0.4 is 4.72 Å². The van der Waals surface area contributed by atoms with Gasteiger partial charge < -0.3 is 9.52 Å². The van der Waals surface area contributed by atoms with Gasteiger partial charge in [-0.3, -0.25) is 4.72 Å². The number of nitrogens with one attached hydrogen (secondary N) is 1. The molecule has 1 heterocycles. The molecule has 0 saturated carbocycles. The highest BCUT2D eigenvalue weighted by molar-refractivity contribution is 7.92. The molecule has 8 heteroatoms. The molecule has 1 aromatic heterocycles. The van der Waals surface area contributed by atoms with Crippen LogP contribution in [0.15, 0.2) is 40.8 Å². The second kappa shape index (κ2) is 5.89. The Morgan fingerprint density at radius 2 is 1.84 bits per heavy atom. The maximum absolute atomic E-state index is 13.1. The van der Waals surface area contributed by atoms with E-state index >= 15 is 0 Å². The fraction of sp³-hybridized carbons (Fsp3) is 0.118. The van der Waals surface area contributed by atoms with E-state index in [1.807, 2.05) is 0 Å². The number of hydrogen-bond acceptors (Lipinski definition) is 4. The number of aryl methyl sites for hydroxylation is 1. The number of carbonyl (C=O) groups is 1. The monoisotopic (exact) mass is 363 g/mol. The number of anilines is 1. The van der Waals surface area contributed by atoms with Crippen molar-refractivity contribution < 1.29 is 27.1 Å².